The van der Waals surface area contributed by atoms with E-state index in [1.165, 1.54) is 295 Å². The van der Waals surface area contributed by atoms with Gasteiger partial charge in [0, 0.05) is 12.8 Å². The summed E-state index contributed by atoms with van der Waals surface area (Å²) in [6.07, 6.45) is 82.1. The topological polar surface area (TPSA) is 95.9 Å². The number of allylic oxidation sites excluding steroid dienone is 5. The van der Waals surface area contributed by atoms with Crippen LogP contribution in [0.4, 0.5) is 0 Å². The zero-order chi connectivity index (χ0) is 54.3. The van der Waals surface area contributed by atoms with Gasteiger partial charge in [-0.2, -0.15) is 0 Å². The molecule has 442 valence electrons. The lowest BCUT2D eigenvalue weighted by molar-refractivity contribution is -0.143. The van der Waals surface area contributed by atoms with Crippen molar-refractivity contribution in [3.63, 3.8) is 0 Å². The summed E-state index contributed by atoms with van der Waals surface area (Å²) in [6, 6.07) is -0.629. The smallest absolute Gasteiger partial charge is 0.305 e. The number of carbonyl (C=O) groups excluding carboxylic acids is 2. The van der Waals surface area contributed by atoms with Gasteiger partial charge in [0.2, 0.25) is 5.91 Å². The van der Waals surface area contributed by atoms with Crippen LogP contribution in [0.15, 0.2) is 36.5 Å². The number of nitrogens with one attached hydrogen (secondary N) is 1. The minimum atomic E-state index is -0.845. The van der Waals surface area contributed by atoms with E-state index in [9.17, 15) is 19.8 Å². The molecule has 0 aromatic heterocycles. The highest BCUT2D eigenvalue weighted by atomic mass is 16.5. The predicted octanol–water partition coefficient (Wildman–Crippen LogP) is 21.5. The van der Waals surface area contributed by atoms with Crippen molar-refractivity contribution in [1.29, 1.82) is 0 Å². The number of esters is 1. The van der Waals surface area contributed by atoms with Crippen LogP contribution < -0.4 is 5.32 Å². The zero-order valence-electron chi connectivity index (χ0n) is 50.5. The number of unbranched alkanes of at least 4 members (excludes halogenated alkanes) is 48. The fraction of sp³-hybridized carbons (Fsp3) is 0.884. The van der Waals surface area contributed by atoms with Crippen molar-refractivity contribution < 1.29 is 24.5 Å². The van der Waals surface area contributed by atoms with Gasteiger partial charge in [0.15, 0.2) is 0 Å². The Morgan fingerprint density at radius 2 is 0.667 bits per heavy atom. The number of rotatable bonds is 63. The quantitative estimate of drug-likeness (QED) is 0.0320. The Bertz CT molecular complexity index is 1210. The summed E-state index contributed by atoms with van der Waals surface area (Å²) in [6.45, 7) is 4.93. The Hall–Kier alpha value is -1.92. The minimum absolute atomic E-state index is 0.0134. The predicted molar refractivity (Wildman–Crippen MR) is 329 cm³/mol. The molecule has 0 heterocycles. The monoisotopic (exact) mass is 1050 g/mol. The molecule has 6 heteroatoms. The molecule has 2 unspecified atom stereocenters. The van der Waals surface area contributed by atoms with Gasteiger partial charge in [-0.15, -0.1) is 0 Å². The number of aliphatic hydroxyl groups excluding tert-OH is 2. The van der Waals surface area contributed by atoms with Gasteiger partial charge in [-0.05, 0) is 64.2 Å². The third-order valence-corrected chi connectivity index (χ3v) is 15.7. The Morgan fingerprint density at radius 1 is 0.373 bits per heavy atom. The summed E-state index contributed by atoms with van der Waals surface area (Å²) in [5.41, 5.74) is 0. The molecule has 0 radical (unpaired) electrons. The van der Waals surface area contributed by atoms with Crippen LogP contribution in [0, 0.1) is 0 Å². The van der Waals surface area contributed by atoms with Crippen molar-refractivity contribution in [2.45, 2.75) is 379 Å². The molecule has 0 saturated carbocycles. The van der Waals surface area contributed by atoms with Gasteiger partial charge in [-0.1, -0.05) is 326 Å². The van der Waals surface area contributed by atoms with Crippen molar-refractivity contribution in [3.8, 4) is 0 Å². The Labute approximate surface area is 468 Å². The number of ether oxygens (including phenoxy) is 1. The van der Waals surface area contributed by atoms with E-state index >= 15 is 0 Å². The van der Waals surface area contributed by atoms with Crippen LogP contribution in [0.1, 0.15) is 367 Å². The van der Waals surface area contributed by atoms with Gasteiger partial charge in [-0.3, -0.25) is 9.59 Å². The van der Waals surface area contributed by atoms with Crippen LogP contribution in [0.25, 0.3) is 0 Å². The molecular weight excluding hydrogens is 923 g/mol. The van der Waals surface area contributed by atoms with Gasteiger partial charge in [0.1, 0.15) is 0 Å². The molecule has 3 N–H and O–H groups in total. The fourth-order valence-electron chi connectivity index (χ4n) is 10.5. The van der Waals surface area contributed by atoms with Crippen LogP contribution in [0.5, 0.6) is 0 Å². The minimum Gasteiger partial charge on any atom is -0.466 e. The molecule has 0 spiro atoms. The normalized spacial score (nSPS) is 12.7. The van der Waals surface area contributed by atoms with Crippen molar-refractivity contribution in [2.24, 2.45) is 0 Å². The van der Waals surface area contributed by atoms with Gasteiger partial charge < -0.3 is 20.3 Å². The summed E-state index contributed by atoms with van der Waals surface area (Å²) in [4.78, 5) is 24.5. The largest absolute Gasteiger partial charge is 0.466 e. The van der Waals surface area contributed by atoms with E-state index in [1.807, 2.05) is 6.08 Å². The molecule has 1 amide bonds. The number of hydrogen-bond acceptors (Lipinski definition) is 5. The third-order valence-electron chi connectivity index (χ3n) is 15.7. The van der Waals surface area contributed by atoms with E-state index < -0.39 is 12.1 Å². The van der Waals surface area contributed by atoms with Crippen LogP contribution in [0.2, 0.25) is 0 Å². The van der Waals surface area contributed by atoms with E-state index in [2.05, 4.69) is 43.5 Å². The maximum absolute atomic E-state index is 12.5. The molecule has 0 aromatic carbocycles. The van der Waals surface area contributed by atoms with E-state index in [-0.39, 0.29) is 18.5 Å². The molecule has 6 nitrogen and oxygen atoms in total. The number of hydrogen-bond donors (Lipinski definition) is 3. The van der Waals surface area contributed by atoms with Crippen LogP contribution in [0.3, 0.4) is 0 Å². The maximum Gasteiger partial charge on any atom is 0.305 e. The first kappa shape index (κ1) is 73.1. The highest BCUT2D eigenvalue weighted by Crippen LogP contribution is 2.18. The lowest BCUT2D eigenvalue weighted by atomic mass is 10.0. The van der Waals surface area contributed by atoms with Crippen LogP contribution in [-0.2, 0) is 14.3 Å². The van der Waals surface area contributed by atoms with Crippen LogP contribution >= 0.6 is 0 Å². The molecule has 0 bridgehead atoms. The molecule has 0 aliphatic carbocycles. The fourth-order valence-corrected chi connectivity index (χ4v) is 10.5. The Kier molecular flexibility index (Phi) is 63.0. The highest BCUT2D eigenvalue weighted by molar-refractivity contribution is 5.76. The maximum atomic E-state index is 12.5. The third kappa shape index (κ3) is 61.2. The molecule has 0 fully saturated rings. The molecule has 0 aliphatic heterocycles. The van der Waals surface area contributed by atoms with Crippen molar-refractivity contribution in [2.75, 3.05) is 13.2 Å². The highest BCUT2D eigenvalue weighted by Gasteiger charge is 2.18. The second-order valence-corrected chi connectivity index (χ2v) is 23.2. The first-order chi connectivity index (χ1) is 37.0. The summed E-state index contributed by atoms with van der Waals surface area (Å²) in [5.74, 6) is -0.0535. The van der Waals surface area contributed by atoms with E-state index in [0.29, 0.717) is 19.4 Å². The molecule has 2 atom stereocenters. The van der Waals surface area contributed by atoms with Crippen LogP contribution in [-0.4, -0.2) is 47.4 Å². The number of carbonyl (C=O) groups is 2. The van der Waals surface area contributed by atoms with E-state index in [1.54, 1.807) is 6.08 Å². The lowest BCUT2D eigenvalue weighted by Crippen LogP contribution is -2.45. The van der Waals surface area contributed by atoms with Crippen molar-refractivity contribution in [3.05, 3.63) is 36.5 Å². The SMILES string of the molecule is CCCCCCCCCCCCCCCC/C=C/C(O)C(CO)NC(=O)CCCCCCCCCCCCCCC/C=C\C/C=C\CCCCCCCCCCCOC(=O)CCCCCCCCCCCCCCC. The van der Waals surface area contributed by atoms with Crippen molar-refractivity contribution >= 4 is 11.9 Å². The summed E-state index contributed by atoms with van der Waals surface area (Å²) < 4.78 is 5.48. The average molecular weight is 1050 g/mol. The average Bonchev–Trinajstić information content (AvgIpc) is 3.41. The lowest BCUT2D eigenvalue weighted by Gasteiger charge is -2.20. The Morgan fingerprint density at radius 3 is 1.01 bits per heavy atom. The first-order valence-corrected chi connectivity index (χ1v) is 33.8. The molecule has 0 rings (SSSR count). The molecule has 75 heavy (non-hydrogen) atoms. The second-order valence-electron chi connectivity index (χ2n) is 23.2. The van der Waals surface area contributed by atoms with Gasteiger partial charge in [-0.25, -0.2) is 0 Å². The molecule has 0 saturated heterocycles. The van der Waals surface area contributed by atoms with Gasteiger partial charge >= 0.3 is 5.97 Å². The summed E-state index contributed by atoms with van der Waals surface area (Å²) in [5, 5.41) is 23.2. The second kappa shape index (κ2) is 64.6. The van der Waals surface area contributed by atoms with E-state index in [0.717, 1.165) is 44.9 Å². The van der Waals surface area contributed by atoms with E-state index in [4.69, 9.17) is 4.74 Å². The number of amides is 1. The summed E-state index contributed by atoms with van der Waals surface area (Å²) in [7, 11) is 0. The first-order valence-electron chi connectivity index (χ1n) is 33.8. The summed E-state index contributed by atoms with van der Waals surface area (Å²) >= 11 is 0. The Balaban J connectivity index is 3.42. The van der Waals surface area contributed by atoms with Crippen molar-refractivity contribution in [1.82, 2.24) is 5.32 Å². The standard InChI is InChI=1S/C69H131NO5/c1-3-5-7-9-11-13-15-17-18-34-38-41-45-49-53-57-61-67(72)66(65-71)70-68(73)62-58-54-50-46-42-39-35-32-30-28-26-24-22-20-19-21-23-25-27-29-31-33-36-40-44-48-52-56-60-64-75-69(74)63-59-55-51-47-43-37-16-14-12-10-8-6-4-2/h19,21,25,27,57,61,66-67,71-72H,3-18,20,22-24,26,28-56,58-60,62-65H2,1-2H3,(H,70,73)/b21-19-,27-25-,61-57+. The van der Waals surface area contributed by atoms with Gasteiger partial charge in [0.05, 0.1) is 25.4 Å². The molecule has 0 aliphatic rings. The molecular formula is C69H131NO5. The zero-order valence-corrected chi connectivity index (χ0v) is 50.5. The molecule has 0 aromatic rings. The number of aliphatic hydroxyl groups is 2. The van der Waals surface area contributed by atoms with Gasteiger partial charge in [0.25, 0.3) is 0 Å².